The molecular weight excluding hydrogens is 416 g/mol. The van der Waals surface area contributed by atoms with Gasteiger partial charge in [0.25, 0.3) is 5.56 Å². The molecule has 0 aliphatic rings. The lowest BCUT2D eigenvalue weighted by Crippen LogP contribution is -2.21. The summed E-state index contributed by atoms with van der Waals surface area (Å²) in [5, 5.41) is 10.3. The number of aromatic hydroxyl groups is 1. The molecule has 0 aliphatic carbocycles. The van der Waals surface area contributed by atoms with E-state index in [9.17, 15) is 14.7 Å². The normalized spacial score (nSPS) is 11.3. The Bertz CT molecular complexity index is 1550. The highest BCUT2D eigenvalue weighted by Crippen LogP contribution is 2.23. The van der Waals surface area contributed by atoms with Gasteiger partial charge in [0, 0.05) is 11.1 Å². The van der Waals surface area contributed by atoms with Gasteiger partial charge in [-0.15, -0.1) is 0 Å². The zero-order chi connectivity index (χ0) is 22.8. The summed E-state index contributed by atoms with van der Waals surface area (Å²) in [6, 6.07) is 24.1. The number of nitrogens with zero attached hydrogens (tertiary/aromatic N) is 2. The molecule has 0 radical (unpaired) electrons. The first-order valence-electron chi connectivity index (χ1n) is 10.3. The van der Waals surface area contributed by atoms with Gasteiger partial charge in [0.05, 0.1) is 22.9 Å². The minimum absolute atomic E-state index is 0.102. The van der Waals surface area contributed by atoms with Crippen molar-refractivity contribution in [2.75, 3.05) is 0 Å². The van der Waals surface area contributed by atoms with Crippen molar-refractivity contribution in [3.8, 4) is 23.0 Å². The second kappa shape index (κ2) is 8.43. The van der Waals surface area contributed by atoms with Crippen LogP contribution in [0.5, 0.6) is 5.75 Å². The average molecular weight is 434 g/mol. The Morgan fingerprint density at radius 2 is 1.67 bits per heavy atom. The van der Waals surface area contributed by atoms with Crippen LogP contribution in [-0.2, 0) is 0 Å². The average Bonchev–Trinajstić information content (AvgIpc) is 3.38. The monoisotopic (exact) mass is 434 g/mol. The number of fused-ring (bicyclic) bond motifs is 1. The molecule has 0 fully saturated rings. The third kappa shape index (κ3) is 3.85. The predicted molar refractivity (Wildman–Crippen MR) is 127 cm³/mol. The predicted octanol–water partition coefficient (Wildman–Crippen LogP) is 5.25. The van der Waals surface area contributed by atoms with E-state index in [-0.39, 0.29) is 17.1 Å². The van der Waals surface area contributed by atoms with E-state index < -0.39 is 0 Å². The summed E-state index contributed by atoms with van der Waals surface area (Å²) >= 11 is 0. The fourth-order valence-electron chi connectivity index (χ4n) is 3.61. The summed E-state index contributed by atoms with van der Waals surface area (Å²) in [4.78, 5) is 30.6. The molecule has 5 rings (SSSR count). The Balaban J connectivity index is 1.54. The molecule has 0 aliphatic heterocycles. The third-order valence-electron chi connectivity index (χ3n) is 5.28. The molecule has 3 aromatic carbocycles. The van der Waals surface area contributed by atoms with Gasteiger partial charge in [-0.2, -0.15) is 0 Å². The number of rotatable bonds is 5. The van der Waals surface area contributed by atoms with Crippen molar-refractivity contribution in [3.63, 3.8) is 0 Å². The number of hydrogen-bond acceptors (Lipinski definition) is 5. The van der Waals surface area contributed by atoms with E-state index in [2.05, 4.69) is 4.98 Å². The Labute approximate surface area is 188 Å². The molecule has 0 atom stereocenters. The van der Waals surface area contributed by atoms with Gasteiger partial charge in [-0.3, -0.25) is 14.2 Å². The van der Waals surface area contributed by atoms with Crippen LogP contribution in [0.25, 0.3) is 34.3 Å². The topological polar surface area (TPSA) is 85.3 Å². The molecule has 2 aromatic heterocycles. The van der Waals surface area contributed by atoms with E-state index in [4.69, 9.17) is 4.42 Å². The lowest BCUT2D eigenvalue weighted by molar-refractivity contribution is 0.104. The van der Waals surface area contributed by atoms with E-state index in [1.807, 2.05) is 6.07 Å². The summed E-state index contributed by atoms with van der Waals surface area (Å²) in [6.07, 6.45) is 4.50. The van der Waals surface area contributed by atoms with Gasteiger partial charge >= 0.3 is 0 Å². The summed E-state index contributed by atoms with van der Waals surface area (Å²) in [5.41, 5.74) is 1.91. The van der Waals surface area contributed by atoms with Gasteiger partial charge in [0.1, 0.15) is 5.75 Å². The number of phenols is 1. The molecule has 0 bridgehead atoms. The quantitative estimate of drug-likeness (QED) is 0.302. The van der Waals surface area contributed by atoms with Crippen LogP contribution >= 0.6 is 0 Å². The van der Waals surface area contributed by atoms with Gasteiger partial charge in [-0.05, 0) is 66.7 Å². The van der Waals surface area contributed by atoms with E-state index in [0.717, 1.165) is 0 Å². The smallest absolute Gasteiger partial charge is 0.266 e. The van der Waals surface area contributed by atoms with E-state index in [0.29, 0.717) is 39.3 Å². The maximum Gasteiger partial charge on any atom is 0.266 e. The minimum atomic E-state index is -0.231. The van der Waals surface area contributed by atoms with Gasteiger partial charge in [0.15, 0.2) is 17.4 Å². The lowest BCUT2D eigenvalue weighted by Gasteiger charge is -2.12. The number of carbonyl (C=O) groups is 1. The Hall–Kier alpha value is -4.71. The zero-order valence-electron chi connectivity index (χ0n) is 17.4. The van der Waals surface area contributed by atoms with Crippen molar-refractivity contribution >= 4 is 22.8 Å². The number of allylic oxidation sites excluding steroid dienone is 1. The van der Waals surface area contributed by atoms with Crippen molar-refractivity contribution in [3.05, 3.63) is 119 Å². The van der Waals surface area contributed by atoms with Crippen molar-refractivity contribution in [2.24, 2.45) is 0 Å². The fraction of sp³-hybridized carbons (Fsp3) is 0. The van der Waals surface area contributed by atoms with E-state index in [1.165, 1.54) is 16.9 Å². The van der Waals surface area contributed by atoms with E-state index in [1.54, 1.807) is 84.9 Å². The van der Waals surface area contributed by atoms with Crippen molar-refractivity contribution in [1.29, 1.82) is 0 Å². The van der Waals surface area contributed by atoms with Crippen LogP contribution in [0.3, 0.4) is 0 Å². The highest BCUT2D eigenvalue weighted by molar-refractivity contribution is 6.07. The van der Waals surface area contributed by atoms with Crippen LogP contribution in [-0.4, -0.2) is 20.4 Å². The van der Waals surface area contributed by atoms with Gasteiger partial charge in [-0.1, -0.05) is 30.3 Å². The lowest BCUT2D eigenvalue weighted by atomic mass is 10.1. The van der Waals surface area contributed by atoms with Crippen LogP contribution in [0.4, 0.5) is 0 Å². The molecule has 6 heteroatoms. The highest BCUT2D eigenvalue weighted by Gasteiger charge is 2.16. The molecule has 5 aromatic rings. The molecule has 160 valence electrons. The number of para-hydroxylation sites is 2. The molecule has 0 spiro atoms. The summed E-state index contributed by atoms with van der Waals surface area (Å²) in [5.74, 6) is 0.719. The molecule has 0 saturated heterocycles. The van der Waals surface area contributed by atoms with Gasteiger partial charge in [0.2, 0.25) is 0 Å². The number of benzene rings is 3. The van der Waals surface area contributed by atoms with Crippen molar-refractivity contribution in [2.45, 2.75) is 0 Å². The first-order valence-corrected chi connectivity index (χ1v) is 10.3. The van der Waals surface area contributed by atoms with Crippen molar-refractivity contribution < 1.29 is 14.3 Å². The number of ketones is 1. The largest absolute Gasteiger partial charge is 0.507 e. The van der Waals surface area contributed by atoms with Crippen LogP contribution in [0.2, 0.25) is 0 Å². The van der Waals surface area contributed by atoms with Crippen LogP contribution in [0.15, 0.2) is 106 Å². The Morgan fingerprint density at radius 3 is 2.42 bits per heavy atom. The summed E-state index contributed by atoms with van der Waals surface area (Å²) in [6.45, 7) is 0. The SMILES string of the molecule is O=C(/C=C/c1ccccc1O)c1ccc(-n2c(-c3ccco3)nc3ccccc3c2=O)cc1. The van der Waals surface area contributed by atoms with E-state index >= 15 is 0 Å². The molecule has 0 amide bonds. The number of phenolic OH excluding ortho intramolecular Hbond substituents is 1. The standard InChI is InChI=1S/C27H18N2O4/c30-23-9-4-1-6-18(23)13-16-24(31)19-11-14-20(15-12-19)29-26(25-10-5-17-33-25)28-22-8-3-2-7-21(22)27(29)32/h1-17,30H/b16-13+. The Kier molecular flexibility index (Phi) is 5.16. The van der Waals surface area contributed by atoms with Gasteiger partial charge < -0.3 is 9.52 Å². The second-order valence-corrected chi connectivity index (χ2v) is 7.37. The fourth-order valence-corrected chi connectivity index (χ4v) is 3.61. The first-order chi connectivity index (χ1) is 16.1. The molecule has 33 heavy (non-hydrogen) atoms. The van der Waals surface area contributed by atoms with Crippen LogP contribution in [0.1, 0.15) is 15.9 Å². The number of aromatic nitrogens is 2. The Morgan fingerprint density at radius 1 is 0.909 bits per heavy atom. The maximum atomic E-state index is 13.3. The second-order valence-electron chi connectivity index (χ2n) is 7.37. The number of furan rings is 1. The number of carbonyl (C=O) groups excluding carboxylic acids is 1. The molecule has 0 unspecified atom stereocenters. The van der Waals surface area contributed by atoms with Gasteiger partial charge in [-0.25, -0.2) is 4.98 Å². The molecule has 6 nitrogen and oxygen atoms in total. The third-order valence-corrected chi connectivity index (χ3v) is 5.28. The highest BCUT2D eigenvalue weighted by atomic mass is 16.3. The first kappa shape index (κ1) is 20.2. The minimum Gasteiger partial charge on any atom is -0.507 e. The van der Waals surface area contributed by atoms with Crippen molar-refractivity contribution in [1.82, 2.24) is 9.55 Å². The maximum absolute atomic E-state index is 13.3. The number of hydrogen-bond donors (Lipinski definition) is 1. The molecule has 2 heterocycles. The molecule has 1 N–H and O–H groups in total. The zero-order valence-corrected chi connectivity index (χ0v) is 17.4. The van der Waals surface area contributed by atoms with Crippen LogP contribution in [0, 0.1) is 0 Å². The molecular formula is C27H18N2O4. The van der Waals surface area contributed by atoms with Crippen LogP contribution < -0.4 is 5.56 Å². The molecule has 0 saturated carbocycles. The summed E-state index contributed by atoms with van der Waals surface area (Å²) in [7, 11) is 0. The summed E-state index contributed by atoms with van der Waals surface area (Å²) < 4.78 is 7.00.